The number of fused-ring (bicyclic) bond motifs is 1. The molecule has 1 aromatic carbocycles. The van der Waals surface area contributed by atoms with E-state index < -0.39 is 11.9 Å². The first-order chi connectivity index (χ1) is 22.5. The summed E-state index contributed by atoms with van der Waals surface area (Å²) < 4.78 is 43.6. The molecule has 0 aliphatic carbocycles. The van der Waals surface area contributed by atoms with Crippen LogP contribution >= 0.6 is 11.6 Å². The van der Waals surface area contributed by atoms with Gasteiger partial charge in [-0.25, -0.2) is 14.8 Å². The maximum Gasteiger partial charge on any atom is 0.435 e. The lowest BCUT2D eigenvalue weighted by Crippen LogP contribution is -2.61. The van der Waals surface area contributed by atoms with E-state index in [-0.39, 0.29) is 58.7 Å². The van der Waals surface area contributed by atoms with Crippen LogP contribution in [-0.4, -0.2) is 103 Å². The van der Waals surface area contributed by atoms with E-state index in [9.17, 15) is 22.8 Å². The summed E-state index contributed by atoms with van der Waals surface area (Å²) in [5.41, 5.74) is -0.265. The zero-order valence-electron chi connectivity index (χ0n) is 24.4. The van der Waals surface area contributed by atoms with Gasteiger partial charge < -0.3 is 30.9 Å². The second-order valence-corrected chi connectivity index (χ2v) is 10.8. The maximum atomic E-state index is 13.7. The Hall–Kier alpha value is -5.41. The van der Waals surface area contributed by atoms with Crippen molar-refractivity contribution in [2.45, 2.75) is 18.8 Å². The molecule has 3 aromatic heterocycles. The quantitative estimate of drug-likeness (QED) is 0.222. The number of anilines is 2. The number of amides is 3. The van der Waals surface area contributed by atoms with Crippen molar-refractivity contribution in [1.82, 2.24) is 44.6 Å². The Morgan fingerprint density at radius 3 is 2.49 bits per heavy atom. The highest BCUT2D eigenvalue weighted by Crippen LogP contribution is 2.37. The molecule has 0 saturated carbocycles. The SMILES string of the molecule is N#CCn1cc(-c2cnc3c(Nc4ccc(C(=O)N5CCN(C(=O)NC6CNC6)CC5)c(Cl)c4)nccn23)c(C(F)(F)F)n1.O=CO. The van der Waals surface area contributed by atoms with Crippen molar-refractivity contribution in [3.8, 4) is 17.3 Å². The van der Waals surface area contributed by atoms with E-state index in [0.29, 0.717) is 37.4 Å². The highest BCUT2D eigenvalue weighted by Gasteiger charge is 2.38. The molecule has 0 bridgehead atoms. The van der Waals surface area contributed by atoms with Gasteiger partial charge in [-0.05, 0) is 18.2 Å². The number of nitrogens with zero attached hydrogens (tertiary/aromatic N) is 8. The van der Waals surface area contributed by atoms with Gasteiger partial charge in [-0.1, -0.05) is 11.6 Å². The van der Waals surface area contributed by atoms with Gasteiger partial charge in [0.2, 0.25) is 0 Å². The van der Waals surface area contributed by atoms with Gasteiger partial charge in [-0.15, -0.1) is 0 Å². The fraction of sp³-hybridized carbons (Fsp3) is 0.321. The van der Waals surface area contributed by atoms with E-state index in [4.69, 9.17) is 26.8 Å². The van der Waals surface area contributed by atoms with Crippen molar-refractivity contribution < 1.29 is 32.7 Å². The van der Waals surface area contributed by atoms with Gasteiger partial charge in [0.05, 0.1) is 40.2 Å². The number of carboxylic acid groups (broad SMARTS) is 1. The summed E-state index contributed by atoms with van der Waals surface area (Å²) in [5.74, 6) is -0.0284. The number of carbonyl (C=O) groups excluding carboxylic acids is 2. The molecule has 4 aromatic rings. The first-order valence-corrected chi connectivity index (χ1v) is 14.5. The lowest BCUT2D eigenvalue weighted by atomic mass is 10.1. The van der Waals surface area contributed by atoms with Crippen LogP contribution in [0.15, 0.2) is 43.0 Å². The van der Waals surface area contributed by atoms with Crippen LogP contribution in [0.25, 0.3) is 16.9 Å². The van der Waals surface area contributed by atoms with Crippen molar-refractivity contribution in [2.75, 3.05) is 44.6 Å². The Balaban J connectivity index is 0.00000139. The largest absolute Gasteiger partial charge is 0.483 e. The molecule has 2 aliphatic heterocycles. The van der Waals surface area contributed by atoms with Gasteiger partial charge >= 0.3 is 12.2 Å². The van der Waals surface area contributed by atoms with Crippen LogP contribution in [0.3, 0.4) is 0 Å². The van der Waals surface area contributed by atoms with Crippen LogP contribution in [0, 0.1) is 11.3 Å². The molecule has 2 saturated heterocycles. The second kappa shape index (κ2) is 13.9. The van der Waals surface area contributed by atoms with E-state index in [1.807, 2.05) is 0 Å². The number of imidazole rings is 1. The summed E-state index contributed by atoms with van der Waals surface area (Å²) >= 11 is 6.51. The number of nitrogens with one attached hydrogen (secondary N) is 3. The van der Waals surface area contributed by atoms with Gasteiger partial charge in [0.1, 0.15) is 6.54 Å². The monoisotopic (exact) mass is 673 g/mol. The number of hydrogen-bond donors (Lipinski definition) is 4. The van der Waals surface area contributed by atoms with Gasteiger partial charge in [0, 0.05) is 63.5 Å². The molecule has 0 unspecified atom stereocenters. The molecule has 47 heavy (non-hydrogen) atoms. The van der Waals surface area contributed by atoms with Crippen LogP contribution in [0.2, 0.25) is 5.02 Å². The number of carbonyl (C=O) groups is 3. The number of alkyl halides is 3. The average molecular weight is 674 g/mol. The molecule has 6 rings (SSSR count). The first-order valence-electron chi connectivity index (χ1n) is 14.1. The highest BCUT2D eigenvalue weighted by molar-refractivity contribution is 6.34. The number of benzene rings is 1. The topological polar surface area (TPSA) is 186 Å². The van der Waals surface area contributed by atoms with Crippen molar-refractivity contribution in [3.63, 3.8) is 0 Å². The summed E-state index contributed by atoms with van der Waals surface area (Å²) in [6, 6.07) is 6.54. The van der Waals surface area contributed by atoms with E-state index in [1.165, 1.54) is 23.0 Å². The van der Waals surface area contributed by atoms with Crippen molar-refractivity contribution >= 4 is 47.2 Å². The molecule has 15 nitrogen and oxygen atoms in total. The highest BCUT2D eigenvalue weighted by atomic mass is 35.5. The van der Waals surface area contributed by atoms with Gasteiger partial charge in [-0.3, -0.25) is 18.7 Å². The third-order valence-corrected chi connectivity index (χ3v) is 7.70. The molecule has 2 fully saturated rings. The molecule has 19 heteroatoms. The Labute approximate surface area is 269 Å². The third kappa shape index (κ3) is 7.21. The number of hydrogen-bond acceptors (Lipinski definition) is 9. The Bertz CT molecular complexity index is 1830. The number of rotatable bonds is 6. The summed E-state index contributed by atoms with van der Waals surface area (Å²) in [4.78, 5) is 45.9. The number of piperazine rings is 1. The van der Waals surface area contributed by atoms with E-state index >= 15 is 0 Å². The van der Waals surface area contributed by atoms with Crippen LogP contribution in [-0.2, 0) is 17.5 Å². The summed E-state index contributed by atoms with van der Waals surface area (Å²) in [7, 11) is 0. The molecular weight excluding hydrogens is 647 g/mol. The lowest BCUT2D eigenvalue weighted by molar-refractivity contribution is -0.141. The van der Waals surface area contributed by atoms with Crippen molar-refractivity contribution in [1.29, 1.82) is 5.26 Å². The van der Waals surface area contributed by atoms with Crippen LogP contribution < -0.4 is 16.0 Å². The van der Waals surface area contributed by atoms with E-state index in [2.05, 4.69) is 31.0 Å². The molecule has 5 heterocycles. The molecule has 2 aliphatic rings. The first kappa shape index (κ1) is 33.0. The lowest BCUT2D eigenvalue weighted by Gasteiger charge is -2.37. The minimum Gasteiger partial charge on any atom is -0.483 e. The molecule has 0 atom stereocenters. The van der Waals surface area contributed by atoms with Crippen molar-refractivity contribution in [3.05, 3.63) is 59.3 Å². The fourth-order valence-corrected chi connectivity index (χ4v) is 5.28. The number of aromatic nitrogens is 5. The van der Waals surface area contributed by atoms with Gasteiger partial charge in [-0.2, -0.15) is 23.5 Å². The minimum atomic E-state index is -4.75. The molecule has 0 spiro atoms. The summed E-state index contributed by atoms with van der Waals surface area (Å²) in [6.07, 6.45) is 0.539. The van der Waals surface area contributed by atoms with E-state index in [1.54, 1.807) is 34.1 Å². The Morgan fingerprint density at radius 1 is 1.17 bits per heavy atom. The minimum absolute atomic E-state index is 0.110. The Kier molecular flexibility index (Phi) is 9.77. The molecule has 3 amide bonds. The average Bonchev–Trinajstić information content (AvgIpc) is 3.64. The number of nitriles is 1. The van der Waals surface area contributed by atoms with Crippen LogP contribution in [0.5, 0.6) is 0 Å². The Morgan fingerprint density at radius 2 is 1.87 bits per heavy atom. The molecular formula is C28H27ClF3N11O4. The fourth-order valence-electron chi connectivity index (χ4n) is 5.02. The smallest absolute Gasteiger partial charge is 0.435 e. The maximum absolute atomic E-state index is 13.7. The predicted octanol–water partition coefficient (Wildman–Crippen LogP) is 2.67. The van der Waals surface area contributed by atoms with Gasteiger partial charge in [0.15, 0.2) is 17.2 Å². The summed E-state index contributed by atoms with van der Waals surface area (Å²) in [5, 5.41) is 28.7. The number of urea groups is 1. The van der Waals surface area contributed by atoms with Crippen molar-refractivity contribution in [2.24, 2.45) is 0 Å². The predicted molar refractivity (Wildman–Crippen MR) is 161 cm³/mol. The van der Waals surface area contributed by atoms with Crippen LogP contribution in [0.4, 0.5) is 29.5 Å². The van der Waals surface area contributed by atoms with Gasteiger partial charge in [0.25, 0.3) is 12.4 Å². The zero-order valence-corrected chi connectivity index (χ0v) is 25.2. The van der Waals surface area contributed by atoms with E-state index in [0.717, 1.165) is 24.0 Å². The number of halogens is 4. The zero-order chi connectivity index (χ0) is 33.7. The molecule has 4 N–H and O–H groups in total. The molecule has 0 radical (unpaired) electrons. The second-order valence-electron chi connectivity index (χ2n) is 10.4. The standard InChI is InChI=1S/C27H25ClF3N11O2.CH2O2/c28-20-11-16(1-2-18(20)25(43)39-7-9-40(10-8-39)26(44)37-17-12-33-13-17)36-23-24-35-14-21(42(24)6-4-34-23)19-15-41(5-3-32)38-22(19)27(29,30)31;2-1-3/h1-2,4,6,11,14-15,17,33H,5,7-10,12-13H2,(H,34,36)(H,37,44);1H,(H,2,3). The normalized spacial score (nSPS) is 14.9. The third-order valence-electron chi connectivity index (χ3n) is 7.39. The van der Waals surface area contributed by atoms with Crippen LogP contribution in [0.1, 0.15) is 16.1 Å². The molecule has 246 valence electrons. The summed E-state index contributed by atoms with van der Waals surface area (Å²) in [6.45, 7) is 2.44.